The molecular formula is C31H50N6O7. The summed E-state index contributed by atoms with van der Waals surface area (Å²) in [4.78, 5) is 63.4. The van der Waals surface area contributed by atoms with E-state index in [4.69, 9.17) is 10.5 Å². The van der Waals surface area contributed by atoms with E-state index in [0.717, 1.165) is 5.56 Å². The van der Waals surface area contributed by atoms with Gasteiger partial charge in [-0.1, -0.05) is 52.0 Å². The van der Waals surface area contributed by atoms with E-state index < -0.39 is 53.6 Å². The van der Waals surface area contributed by atoms with Crippen LogP contribution in [0.1, 0.15) is 60.5 Å². The number of aliphatic carboxylic acids is 1. The number of nitrogens with one attached hydrogen (secondary N) is 4. The number of carboxylic acid groups (broad SMARTS) is 1. The third kappa shape index (κ3) is 14.9. The highest BCUT2D eigenvalue weighted by Gasteiger charge is 2.28. The summed E-state index contributed by atoms with van der Waals surface area (Å²) in [6, 6.07) is 3.64. The molecule has 0 aromatic heterocycles. The molecule has 0 saturated heterocycles. The maximum absolute atomic E-state index is 13.3. The van der Waals surface area contributed by atoms with Gasteiger partial charge in [0.15, 0.2) is 0 Å². The number of carboxylic acids is 1. The number of hydrogen-bond donors (Lipinski definition) is 6. The monoisotopic (exact) mass is 618 g/mol. The van der Waals surface area contributed by atoms with Gasteiger partial charge in [0.2, 0.25) is 5.91 Å². The number of likely N-dealkylation sites (N-methyl/N-ethyl adjacent to an activating group) is 1. The van der Waals surface area contributed by atoms with Crippen LogP contribution >= 0.6 is 0 Å². The molecule has 246 valence electrons. The molecule has 0 radical (unpaired) electrons. The molecule has 0 heterocycles. The van der Waals surface area contributed by atoms with Crippen LogP contribution in [0.25, 0.3) is 0 Å². The summed E-state index contributed by atoms with van der Waals surface area (Å²) in [7, 11) is 1.78. The highest BCUT2D eigenvalue weighted by molar-refractivity contribution is 5.99. The summed E-state index contributed by atoms with van der Waals surface area (Å²) in [5.41, 5.74) is 5.78. The van der Waals surface area contributed by atoms with Gasteiger partial charge in [-0.2, -0.15) is 0 Å². The fourth-order valence-corrected chi connectivity index (χ4v) is 4.37. The van der Waals surface area contributed by atoms with Gasteiger partial charge >= 0.3 is 18.1 Å². The molecule has 7 N–H and O–H groups in total. The molecule has 0 spiro atoms. The average molecular weight is 619 g/mol. The summed E-state index contributed by atoms with van der Waals surface area (Å²) < 4.78 is 5.30. The Balaban J connectivity index is 3.02. The van der Waals surface area contributed by atoms with Crippen molar-refractivity contribution >= 4 is 35.6 Å². The third-order valence-corrected chi connectivity index (χ3v) is 6.35. The number of anilines is 1. The molecule has 13 nitrogen and oxygen atoms in total. The molecule has 1 aromatic rings. The van der Waals surface area contributed by atoms with Gasteiger partial charge in [0.25, 0.3) is 5.91 Å². The normalized spacial score (nSPS) is 13.8. The predicted octanol–water partition coefficient (Wildman–Crippen LogP) is 2.86. The number of carbonyl (C=O) groups excluding carboxylic acids is 4. The van der Waals surface area contributed by atoms with Gasteiger partial charge in [-0.25, -0.2) is 9.59 Å². The van der Waals surface area contributed by atoms with Crippen LogP contribution in [-0.4, -0.2) is 83.8 Å². The first-order valence-electron chi connectivity index (χ1n) is 14.7. The van der Waals surface area contributed by atoms with Crippen molar-refractivity contribution in [2.45, 2.75) is 85.0 Å². The second-order valence-corrected chi connectivity index (χ2v) is 12.4. The third-order valence-electron chi connectivity index (χ3n) is 6.35. The van der Waals surface area contributed by atoms with Gasteiger partial charge in [-0.15, -0.1) is 0 Å². The molecule has 0 aliphatic heterocycles. The number of benzene rings is 1. The van der Waals surface area contributed by atoms with Crippen molar-refractivity contribution < 1.29 is 33.8 Å². The lowest BCUT2D eigenvalue weighted by Gasteiger charge is -2.27. The number of rotatable bonds is 16. The smallest absolute Gasteiger partial charge is 0.408 e. The number of carbonyl (C=O) groups is 5. The SMILES string of the molecule is CC(C)C[C@H](NC(=O)OC(C)(C)C)C(=O)N[C@@H](/C=C/CNC(N)=O)C(=O)Nc1ccc(CCN(C)[C@H](C(=O)O)C(C)C)cc1. The highest BCUT2D eigenvalue weighted by Crippen LogP contribution is 2.15. The van der Waals surface area contributed by atoms with Crippen molar-refractivity contribution in [3.63, 3.8) is 0 Å². The molecule has 0 aliphatic rings. The molecule has 0 aliphatic carbocycles. The maximum Gasteiger partial charge on any atom is 0.408 e. The van der Waals surface area contributed by atoms with E-state index in [2.05, 4.69) is 21.3 Å². The van der Waals surface area contributed by atoms with Gasteiger partial charge in [0, 0.05) is 18.8 Å². The van der Waals surface area contributed by atoms with Crippen molar-refractivity contribution in [1.29, 1.82) is 0 Å². The van der Waals surface area contributed by atoms with Crippen LogP contribution in [0.3, 0.4) is 0 Å². The first-order valence-corrected chi connectivity index (χ1v) is 14.7. The van der Waals surface area contributed by atoms with Gasteiger partial charge in [0.05, 0.1) is 0 Å². The average Bonchev–Trinajstić information content (AvgIpc) is 2.87. The second-order valence-electron chi connectivity index (χ2n) is 12.4. The van der Waals surface area contributed by atoms with Crippen molar-refractivity contribution in [2.75, 3.05) is 25.5 Å². The van der Waals surface area contributed by atoms with Gasteiger partial charge < -0.3 is 36.8 Å². The van der Waals surface area contributed by atoms with E-state index in [-0.39, 0.29) is 18.4 Å². The Morgan fingerprint density at radius 3 is 2.11 bits per heavy atom. The Bertz CT molecular complexity index is 1150. The van der Waals surface area contributed by atoms with Gasteiger partial charge in [0.1, 0.15) is 23.7 Å². The summed E-state index contributed by atoms with van der Waals surface area (Å²) in [5, 5.41) is 19.9. The molecule has 1 rings (SSSR count). The van der Waals surface area contributed by atoms with Crippen LogP contribution in [0.5, 0.6) is 0 Å². The fourth-order valence-electron chi connectivity index (χ4n) is 4.37. The molecule has 5 amide bonds. The number of ether oxygens (including phenoxy) is 1. The Hall–Kier alpha value is -4.13. The van der Waals surface area contributed by atoms with E-state index in [0.29, 0.717) is 25.1 Å². The quantitative estimate of drug-likeness (QED) is 0.152. The van der Waals surface area contributed by atoms with Gasteiger partial charge in [-0.05, 0) is 70.2 Å². The standard InChI is InChI=1S/C31H50N6O7/c1-19(2)18-24(36-30(43)44-31(5,6)7)27(39)35-23(10-9-16-33-29(32)42)26(38)34-22-13-11-21(12-14-22)15-17-37(8)25(20(3)4)28(40)41/h9-14,19-20,23-25H,15-18H2,1-8H3,(H,34,38)(H,35,39)(H,36,43)(H,40,41)(H3,32,33,42)/b10-9+/t23-,24-,25-/m0/s1. The summed E-state index contributed by atoms with van der Waals surface area (Å²) in [5.74, 6) is -2.00. The number of urea groups is 1. The Morgan fingerprint density at radius 1 is 1.00 bits per heavy atom. The number of alkyl carbamates (subject to hydrolysis) is 1. The lowest BCUT2D eigenvalue weighted by molar-refractivity contribution is -0.144. The van der Waals surface area contributed by atoms with Crippen molar-refractivity contribution in [1.82, 2.24) is 20.9 Å². The van der Waals surface area contributed by atoms with E-state index in [1.165, 1.54) is 12.2 Å². The minimum absolute atomic E-state index is 0.0310. The molecule has 0 unspecified atom stereocenters. The van der Waals surface area contributed by atoms with Crippen molar-refractivity contribution in [3.8, 4) is 0 Å². The molecule has 1 aromatic carbocycles. The molecular weight excluding hydrogens is 568 g/mol. The van der Waals surface area contributed by atoms with Crippen LogP contribution < -0.4 is 27.0 Å². The van der Waals surface area contributed by atoms with Gasteiger partial charge in [-0.3, -0.25) is 19.3 Å². The molecule has 13 heteroatoms. The van der Waals surface area contributed by atoms with Crippen LogP contribution in [-0.2, 0) is 25.5 Å². The van der Waals surface area contributed by atoms with E-state index in [9.17, 15) is 29.1 Å². The molecule has 0 saturated carbocycles. The number of amides is 5. The van der Waals surface area contributed by atoms with Crippen LogP contribution in [0, 0.1) is 11.8 Å². The summed E-state index contributed by atoms with van der Waals surface area (Å²) in [6.07, 6.45) is 3.05. The minimum Gasteiger partial charge on any atom is -0.480 e. The van der Waals surface area contributed by atoms with E-state index in [1.54, 1.807) is 44.9 Å². The topological polar surface area (TPSA) is 192 Å². The summed E-state index contributed by atoms with van der Waals surface area (Å²) >= 11 is 0. The molecule has 44 heavy (non-hydrogen) atoms. The van der Waals surface area contributed by atoms with Crippen LogP contribution in [0.15, 0.2) is 36.4 Å². The zero-order chi connectivity index (χ0) is 33.6. The fraction of sp³-hybridized carbons (Fsp3) is 0.581. The Labute approximate surface area is 260 Å². The van der Waals surface area contributed by atoms with Crippen LogP contribution in [0.4, 0.5) is 15.3 Å². The predicted molar refractivity (Wildman–Crippen MR) is 169 cm³/mol. The van der Waals surface area contributed by atoms with Crippen LogP contribution in [0.2, 0.25) is 0 Å². The van der Waals surface area contributed by atoms with Crippen molar-refractivity contribution in [3.05, 3.63) is 42.0 Å². The first kappa shape index (κ1) is 37.9. The molecule has 0 fully saturated rings. The zero-order valence-electron chi connectivity index (χ0n) is 27.1. The first-order chi connectivity index (χ1) is 20.4. The maximum atomic E-state index is 13.3. The molecule has 0 bridgehead atoms. The second kappa shape index (κ2) is 17.9. The van der Waals surface area contributed by atoms with E-state index >= 15 is 0 Å². The summed E-state index contributed by atoms with van der Waals surface area (Å²) in [6.45, 7) is 13.2. The molecule has 3 atom stereocenters. The lowest BCUT2D eigenvalue weighted by atomic mass is 10.0. The van der Waals surface area contributed by atoms with E-state index in [1.807, 2.05) is 39.8 Å². The number of primary amides is 1. The largest absolute Gasteiger partial charge is 0.480 e. The zero-order valence-corrected chi connectivity index (χ0v) is 27.1. The number of hydrogen-bond acceptors (Lipinski definition) is 7. The van der Waals surface area contributed by atoms with Crippen molar-refractivity contribution in [2.24, 2.45) is 17.6 Å². The Morgan fingerprint density at radius 2 is 1.61 bits per heavy atom. The number of nitrogens with two attached hydrogens (primary N) is 1. The number of nitrogens with zero attached hydrogens (tertiary/aromatic N) is 1. The Kier molecular flexibility index (Phi) is 15.4. The lowest BCUT2D eigenvalue weighted by Crippen LogP contribution is -2.53. The highest BCUT2D eigenvalue weighted by atomic mass is 16.6. The minimum atomic E-state index is -1.15.